The molecule has 1 saturated heterocycles. The van der Waals surface area contributed by atoms with Crippen molar-refractivity contribution in [3.63, 3.8) is 0 Å². The molecule has 0 aromatic heterocycles. The minimum atomic E-state index is -0.120. The standard InChI is InChI=1S/C24H29N3O2/c1-17-11-13-27(14-12-17)16-18-3-7-21(8-4-18)25-24(29)20-5-9-22-19(15-20)6-10-23(28)26(22)2/h3-5,7-9,15,17H,6,10-14,16H2,1-2H3,(H,25,29). The molecule has 0 bridgehead atoms. The number of carbonyl (C=O) groups is 2. The Morgan fingerprint density at radius 3 is 2.52 bits per heavy atom. The molecule has 0 aliphatic carbocycles. The van der Waals surface area contributed by atoms with Gasteiger partial charge in [-0.2, -0.15) is 0 Å². The molecule has 2 aliphatic heterocycles. The smallest absolute Gasteiger partial charge is 0.255 e. The summed E-state index contributed by atoms with van der Waals surface area (Å²) in [7, 11) is 1.78. The van der Waals surface area contributed by atoms with E-state index in [4.69, 9.17) is 0 Å². The van der Waals surface area contributed by atoms with Gasteiger partial charge in [0.1, 0.15) is 0 Å². The monoisotopic (exact) mass is 391 g/mol. The van der Waals surface area contributed by atoms with Crippen molar-refractivity contribution in [3.05, 3.63) is 59.2 Å². The van der Waals surface area contributed by atoms with Crippen molar-refractivity contribution in [3.8, 4) is 0 Å². The van der Waals surface area contributed by atoms with Crippen molar-refractivity contribution in [1.29, 1.82) is 0 Å². The number of carbonyl (C=O) groups excluding carboxylic acids is 2. The molecule has 1 N–H and O–H groups in total. The molecule has 2 aliphatic rings. The van der Waals surface area contributed by atoms with Gasteiger partial charge in [-0.25, -0.2) is 0 Å². The van der Waals surface area contributed by atoms with Crippen LogP contribution in [0.1, 0.15) is 47.7 Å². The first-order valence-electron chi connectivity index (χ1n) is 10.5. The van der Waals surface area contributed by atoms with Crippen LogP contribution in [0, 0.1) is 5.92 Å². The fourth-order valence-corrected chi connectivity index (χ4v) is 4.17. The second-order valence-corrected chi connectivity index (χ2v) is 8.41. The predicted molar refractivity (Wildman–Crippen MR) is 116 cm³/mol. The van der Waals surface area contributed by atoms with Gasteiger partial charge in [0.15, 0.2) is 0 Å². The van der Waals surface area contributed by atoms with E-state index >= 15 is 0 Å². The number of hydrogen-bond donors (Lipinski definition) is 1. The number of benzene rings is 2. The molecule has 152 valence electrons. The second-order valence-electron chi connectivity index (χ2n) is 8.41. The van der Waals surface area contributed by atoms with Gasteiger partial charge in [0.05, 0.1) is 0 Å². The van der Waals surface area contributed by atoms with Crippen molar-refractivity contribution in [2.24, 2.45) is 5.92 Å². The summed E-state index contributed by atoms with van der Waals surface area (Å²) >= 11 is 0. The van der Waals surface area contributed by atoms with Gasteiger partial charge in [-0.15, -0.1) is 0 Å². The van der Waals surface area contributed by atoms with Gasteiger partial charge in [0.25, 0.3) is 5.91 Å². The predicted octanol–water partition coefficient (Wildman–Crippen LogP) is 4.08. The van der Waals surface area contributed by atoms with Crippen molar-refractivity contribution in [2.45, 2.75) is 39.2 Å². The van der Waals surface area contributed by atoms with Gasteiger partial charge in [-0.3, -0.25) is 14.5 Å². The summed E-state index contributed by atoms with van der Waals surface area (Å²) in [4.78, 5) is 28.7. The third-order valence-electron chi connectivity index (χ3n) is 6.18. The zero-order valence-electron chi connectivity index (χ0n) is 17.3. The number of nitrogens with one attached hydrogen (secondary N) is 1. The summed E-state index contributed by atoms with van der Waals surface area (Å²) in [5.41, 5.74) is 4.65. The summed E-state index contributed by atoms with van der Waals surface area (Å²) in [6, 6.07) is 13.7. The number of aryl methyl sites for hydroxylation is 1. The van der Waals surface area contributed by atoms with Crippen LogP contribution in [-0.4, -0.2) is 36.9 Å². The molecule has 4 rings (SSSR count). The van der Waals surface area contributed by atoms with Crippen LogP contribution in [0.15, 0.2) is 42.5 Å². The number of rotatable bonds is 4. The maximum Gasteiger partial charge on any atom is 0.255 e. The van der Waals surface area contributed by atoms with Crippen LogP contribution in [0.5, 0.6) is 0 Å². The van der Waals surface area contributed by atoms with Crippen molar-refractivity contribution >= 4 is 23.2 Å². The van der Waals surface area contributed by atoms with E-state index in [1.807, 2.05) is 24.3 Å². The van der Waals surface area contributed by atoms with Crippen LogP contribution < -0.4 is 10.2 Å². The van der Waals surface area contributed by atoms with Crippen molar-refractivity contribution in [1.82, 2.24) is 4.90 Å². The minimum Gasteiger partial charge on any atom is -0.322 e. The summed E-state index contributed by atoms with van der Waals surface area (Å²) in [5, 5.41) is 2.99. The van der Waals surface area contributed by atoms with Gasteiger partial charge < -0.3 is 10.2 Å². The van der Waals surface area contributed by atoms with E-state index in [0.29, 0.717) is 18.4 Å². The quantitative estimate of drug-likeness (QED) is 0.854. The molecule has 0 radical (unpaired) electrons. The summed E-state index contributed by atoms with van der Waals surface area (Å²) in [6.45, 7) is 5.63. The van der Waals surface area contributed by atoms with Gasteiger partial charge in [-0.05, 0) is 79.7 Å². The van der Waals surface area contributed by atoms with Gasteiger partial charge in [0, 0.05) is 37.0 Å². The van der Waals surface area contributed by atoms with Crippen LogP contribution in [0.3, 0.4) is 0 Å². The molecule has 0 saturated carbocycles. The highest BCUT2D eigenvalue weighted by Gasteiger charge is 2.22. The van der Waals surface area contributed by atoms with Crippen LogP contribution in [0.25, 0.3) is 0 Å². The Balaban J connectivity index is 1.38. The highest BCUT2D eigenvalue weighted by atomic mass is 16.2. The number of nitrogens with zero attached hydrogens (tertiary/aromatic N) is 2. The lowest BCUT2D eigenvalue weighted by Gasteiger charge is -2.30. The highest BCUT2D eigenvalue weighted by Crippen LogP contribution is 2.28. The van der Waals surface area contributed by atoms with Gasteiger partial charge >= 0.3 is 0 Å². The fourth-order valence-electron chi connectivity index (χ4n) is 4.17. The van der Waals surface area contributed by atoms with Crippen LogP contribution in [0.2, 0.25) is 0 Å². The molecular formula is C24H29N3O2. The number of fused-ring (bicyclic) bond motifs is 1. The molecule has 2 aromatic rings. The molecule has 0 spiro atoms. The lowest BCUT2D eigenvalue weighted by molar-refractivity contribution is -0.118. The zero-order valence-corrected chi connectivity index (χ0v) is 17.3. The Kier molecular flexibility index (Phi) is 5.67. The first kappa shape index (κ1) is 19.6. The number of hydrogen-bond acceptors (Lipinski definition) is 3. The first-order valence-corrected chi connectivity index (χ1v) is 10.5. The second kappa shape index (κ2) is 8.37. The SMILES string of the molecule is CC1CCN(Cc2ccc(NC(=O)c3ccc4c(c3)CCC(=O)N4C)cc2)CC1. The largest absolute Gasteiger partial charge is 0.322 e. The average molecular weight is 392 g/mol. The minimum absolute atomic E-state index is 0.119. The van der Waals surface area contributed by atoms with E-state index in [1.54, 1.807) is 18.0 Å². The van der Waals surface area contributed by atoms with E-state index < -0.39 is 0 Å². The highest BCUT2D eigenvalue weighted by molar-refractivity contribution is 6.05. The zero-order chi connectivity index (χ0) is 20.4. The van der Waals surface area contributed by atoms with E-state index in [2.05, 4.69) is 29.3 Å². The Hall–Kier alpha value is -2.66. The third kappa shape index (κ3) is 4.51. The molecule has 2 amide bonds. The Morgan fingerprint density at radius 1 is 1.07 bits per heavy atom. The van der Waals surface area contributed by atoms with Gasteiger partial charge in [-0.1, -0.05) is 19.1 Å². The average Bonchev–Trinajstić information content (AvgIpc) is 2.73. The number of likely N-dealkylation sites (tertiary alicyclic amines) is 1. The third-order valence-corrected chi connectivity index (χ3v) is 6.18. The summed E-state index contributed by atoms with van der Waals surface area (Å²) in [5.74, 6) is 0.840. The number of anilines is 2. The molecule has 2 heterocycles. The maximum atomic E-state index is 12.7. The number of amides is 2. The van der Waals surface area contributed by atoms with Crippen LogP contribution in [0.4, 0.5) is 11.4 Å². The Bertz CT molecular complexity index is 899. The molecule has 0 unspecified atom stereocenters. The van der Waals surface area contributed by atoms with Crippen LogP contribution >= 0.6 is 0 Å². The summed E-state index contributed by atoms with van der Waals surface area (Å²) in [6.07, 6.45) is 3.73. The normalized spacial score (nSPS) is 17.9. The molecule has 1 fully saturated rings. The lowest BCUT2D eigenvalue weighted by atomic mass is 9.98. The molecular weight excluding hydrogens is 362 g/mol. The van der Waals surface area contributed by atoms with E-state index in [-0.39, 0.29) is 11.8 Å². The van der Waals surface area contributed by atoms with E-state index in [9.17, 15) is 9.59 Å². The lowest BCUT2D eigenvalue weighted by Crippen LogP contribution is -2.32. The molecule has 5 nitrogen and oxygen atoms in total. The van der Waals surface area contributed by atoms with Crippen molar-refractivity contribution in [2.75, 3.05) is 30.4 Å². The topological polar surface area (TPSA) is 52.7 Å². The number of piperidine rings is 1. The molecule has 29 heavy (non-hydrogen) atoms. The summed E-state index contributed by atoms with van der Waals surface area (Å²) < 4.78 is 0. The van der Waals surface area contributed by atoms with Gasteiger partial charge in [0.2, 0.25) is 5.91 Å². The van der Waals surface area contributed by atoms with E-state index in [1.165, 1.54) is 31.5 Å². The van der Waals surface area contributed by atoms with E-state index in [0.717, 1.165) is 29.4 Å². The molecule has 0 atom stereocenters. The molecule has 2 aromatic carbocycles. The Labute approximate surface area is 172 Å². The van der Waals surface area contributed by atoms with Crippen molar-refractivity contribution < 1.29 is 9.59 Å². The maximum absolute atomic E-state index is 12.7. The fraction of sp³-hybridized carbons (Fsp3) is 0.417. The Morgan fingerprint density at radius 2 is 1.79 bits per heavy atom. The first-order chi connectivity index (χ1) is 14.0. The molecule has 5 heteroatoms. The van der Waals surface area contributed by atoms with Crippen LogP contribution in [-0.2, 0) is 17.8 Å².